The minimum Gasteiger partial charge on any atom is -0.465 e. The van der Waals surface area contributed by atoms with Gasteiger partial charge in [0.2, 0.25) is 0 Å². The van der Waals surface area contributed by atoms with Gasteiger partial charge in [0.25, 0.3) is 5.91 Å². The molecule has 5 heteroatoms. The summed E-state index contributed by atoms with van der Waals surface area (Å²) in [5.74, 6) is -0.522. The highest BCUT2D eigenvalue weighted by atomic mass is 79.9. The standard InChI is InChI=1S/C10H8BrNO3/c1-15-10(14)7-2-5-4-12-9(13)6(5)3-8(7)11/h2-3H,4H2,1H3,(H,12,13). The first kappa shape index (κ1) is 10.2. The van der Waals surface area contributed by atoms with Crippen LogP contribution in [0.5, 0.6) is 0 Å². The number of methoxy groups -OCH3 is 1. The minimum atomic E-state index is -0.413. The van der Waals surface area contributed by atoms with Crippen molar-refractivity contribution in [3.63, 3.8) is 0 Å². The maximum atomic E-state index is 11.4. The summed E-state index contributed by atoms with van der Waals surface area (Å²) in [6, 6.07) is 3.31. The predicted octanol–water partition coefficient (Wildman–Crippen LogP) is 1.48. The number of carbonyl (C=O) groups is 2. The fourth-order valence-electron chi connectivity index (χ4n) is 1.51. The van der Waals surface area contributed by atoms with Gasteiger partial charge in [-0.2, -0.15) is 0 Å². The normalized spacial score (nSPS) is 13.3. The van der Waals surface area contributed by atoms with Gasteiger partial charge in [0.1, 0.15) is 0 Å². The van der Waals surface area contributed by atoms with E-state index in [4.69, 9.17) is 0 Å². The summed E-state index contributed by atoms with van der Waals surface area (Å²) in [6.45, 7) is 0.464. The van der Waals surface area contributed by atoms with Gasteiger partial charge in [-0.15, -0.1) is 0 Å². The molecule has 15 heavy (non-hydrogen) atoms. The van der Waals surface area contributed by atoms with Crippen LogP contribution in [-0.4, -0.2) is 19.0 Å². The van der Waals surface area contributed by atoms with E-state index < -0.39 is 5.97 Å². The van der Waals surface area contributed by atoms with Crippen molar-refractivity contribution in [3.05, 3.63) is 33.3 Å². The number of ether oxygens (including phenoxy) is 1. The number of hydrogen-bond donors (Lipinski definition) is 1. The van der Waals surface area contributed by atoms with Crippen LogP contribution in [0.3, 0.4) is 0 Å². The molecule has 0 unspecified atom stereocenters. The summed E-state index contributed by atoms with van der Waals surface area (Å²) >= 11 is 3.24. The van der Waals surface area contributed by atoms with Crippen LogP contribution in [0.25, 0.3) is 0 Å². The van der Waals surface area contributed by atoms with Crippen LogP contribution in [0.2, 0.25) is 0 Å². The van der Waals surface area contributed by atoms with E-state index in [1.54, 1.807) is 12.1 Å². The zero-order valence-electron chi connectivity index (χ0n) is 7.96. The van der Waals surface area contributed by atoms with Crippen molar-refractivity contribution in [3.8, 4) is 0 Å². The van der Waals surface area contributed by atoms with Gasteiger partial charge in [-0.25, -0.2) is 4.79 Å². The number of rotatable bonds is 1. The first-order chi connectivity index (χ1) is 7.13. The zero-order valence-corrected chi connectivity index (χ0v) is 9.55. The molecule has 1 N–H and O–H groups in total. The van der Waals surface area contributed by atoms with Gasteiger partial charge in [0.05, 0.1) is 12.7 Å². The largest absolute Gasteiger partial charge is 0.465 e. The summed E-state index contributed by atoms with van der Waals surface area (Å²) in [5, 5.41) is 2.68. The minimum absolute atomic E-state index is 0.109. The second kappa shape index (κ2) is 3.66. The number of benzene rings is 1. The Morgan fingerprint density at radius 2 is 2.27 bits per heavy atom. The van der Waals surface area contributed by atoms with Gasteiger partial charge in [0, 0.05) is 16.6 Å². The number of esters is 1. The summed E-state index contributed by atoms with van der Waals surface area (Å²) in [7, 11) is 1.32. The third-order valence-corrected chi connectivity index (χ3v) is 2.94. The predicted molar refractivity (Wildman–Crippen MR) is 56.7 cm³/mol. The molecular weight excluding hydrogens is 262 g/mol. The molecule has 1 aliphatic heterocycles. The summed E-state index contributed by atoms with van der Waals surface area (Å²) in [4.78, 5) is 22.7. The summed E-state index contributed by atoms with van der Waals surface area (Å²) in [5.41, 5.74) is 1.87. The van der Waals surface area contributed by atoms with Crippen molar-refractivity contribution in [2.75, 3.05) is 7.11 Å². The van der Waals surface area contributed by atoms with Crippen molar-refractivity contribution in [1.82, 2.24) is 5.32 Å². The lowest BCUT2D eigenvalue weighted by Crippen LogP contribution is -2.12. The molecule has 0 fully saturated rings. The number of carbonyl (C=O) groups excluding carboxylic acids is 2. The van der Waals surface area contributed by atoms with E-state index in [0.29, 0.717) is 22.1 Å². The fourth-order valence-corrected chi connectivity index (χ4v) is 2.02. The third kappa shape index (κ3) is 1.63. The topological polar surface area (TPSA) is 55.4 Å². The first-order valence-corrected chi connectivity index (χ1v) is 5.11. The van der Waals surface area contributed by atoms with E-state index >= 15 is 0 Å². The lowest BCUT2D eigenvalue weighted by atomic mass is 10.1. The van der Waals surface area contributed by atoms with Crippen LogP contribution < -0.4 is 5.32 Å². The molecule has 1 aromatic carbocycles. The highest BCUT2D eigenvalue weighted by Crippen LogP contribution is 2.25. The van der Waals surface area contributed by atoms with E-state index in [1.807, 2.05) is 0 Å². The maximum absolute atomic E-state index is 11.4. The fraction of sp³-hybridized carbons (Fsp3) is 0.200. The molecule has 2 rings (SSSR count). The van der Waals surface area contributed by atoms with Crippen molar-refractivity contribution in [1.29, 1.82) is 0 Å². The van der Waals surface area contributed by atoms with Crippen molar-refractivity contribution in [2.24, 2.45) is 0 Å². The van der Waals surface area contributed by atoms with Gasteiger partial charge >= 0.3 is 5.97 Å². The Kier molecular flexibility index (Phi) is 2.48. The highest BCUT2D eigenvalue weighted by Gasteiger charge is 2.22. The van der Waals surface area contributed by atoms with Crippen LogP contribution >= 0.6 is 15.9 Å². The van der Waals surface area contributed by atoms with E-state index in [2.05, 4.69) is 26.0 Å². The average molecular weight is 270 g/mol. The molecule has 0 aliphatic carbocycles. The SMILES string of the molecule is COC(=O)c1cc2c(cc1Br)C(=O)NC2. The summed E-state index contributed by atoms with van der Waals surface area (Å²) < 4.78 is 5.20. The first-order valence-electron chi connectivity index (χ1n) is 4.32. The summed E-state index contributed by atoms with van der Waals surface area (Å²) in [6.07, 6.45) is 0. The Balaban J connectivity index is 2.53. The molecule has 0 bridgehead atoms. The second-order valence-corrected chi connectivity index (χ2v) is 4.02. The van der Waals surface area contributed by atoms with Crippen molar-refractivity contribution < 1.29 is 14.3 Å². The molecular formula is C10H8BrNO3. The maximum Gasteiger partial charge on any atom is 0.339 e. The molecule has 0 radical (unpaired) electrons. The Hall–Kier alpha value is -1.36. The van der Waals surface area contributed by atoms with Gasteiger partial charge in [0.15, 0.2) is 0 Å². The molecule has 78 valence electrons. The van der Waals surface area contributed by atoms with Crippen LogP contribution in [0.15, 0.2) is 16.6 Å². The number of hydrogen-bond acceptors (Lipinski definition) is 3. The van der Waals surface area contributed by atoms with Crippen LogP contribution in [-0.2, 0) is 11.3 Å². The molecule has 1 aliphatic rings. The zero-order chi connectivity index (χ0) is 11.0. The van der Waals surface area contributed by atoms with Crippen molar-refractivity contribution in [2.45, 2.75) is 6.54 Å². The molecule has 4 nitrogen and oxygen atoms in total. The number of nitrogens with one attached hydrogen (secondary N) is 1. The smallest absolute Gasteiger partial charge is 0.339 e. The Bertz CT molecular complexity index is 456. The molecule has 0 atom stereocenters. The molecule has 0 spiro atoms. The van der Waals surface area contributed by atoms with Gasteiger partial charge in [-0.3, -0.25) is 4.79 Å². The monoisotopic (exact) mass is 269 g/mol. The Morgan fingerprint density at radius 3 is 2.93 bits per heavy atom. The molecule has 1 amide bonds. The molecule has 1 aromatic rings. The van der Waals surface area contributed by atoms with Gasteiger partial charge in [-0.05, 0) is 33.6 Å². The molecule has 1 heterocycles. The second-order valence-electron chi connectivity index (χ2n) is 3.16. The van der Waals surface area contributed by atoms with E-state index in [9.17, 15) is 9.59 Å². The van der Waals surface area contributed by atoms with Crippen LogP contribution in [0.1, 0.15) is 26.3 Å². The number of fused-ring (bicyclic) bond motifs is 1. The van der Waals surface area contributed by atoms with E-state index in [1.165, 1.54) is 7.11 Å². The van der Waals surface area contributed by atoms with Gasteiger partial charge < -0.3 is 10.1 Å². The highest BCUT2D eigenvalue weighted by molar-refractivity contribution is 9.10. The number of amides is 1. The molecule has 0 aromatic heterocycles. The Labute approximate surface area is 94.7 Å². The lowest BCUT2D eigenvalue weighted by molar-refractivity contribution is 0.0599. The Morgan fingerprint density at radius 1 is 1.53 bits per heavy atom. The average Bonchev–Trinajstić information content (AvgIpc) is 2.58. The lowest BCUT2D eigenvalue weighted by Gasteiger charge is -2.04. The molecule has 0 saturated carbocycles. The van der Waals surface area contributed by atoms with E-state index in [-0.39, 0.29) is 5.91 Å². The van der Waals surface area contributed by atoms with Crippen molar-refractivity contribution >= 4 is 27.8 Å². The number of halogens is 1. The van der Waals surface area contributed by atoms with Crippen LogP contribution in [0.4, 0.5) is 0 Å². The third-order valence-electron chi connectivity index (χ3n) is 2.28. The van der Waals surface area contributed by atoms with Gasteiger partial charge in [-0.1, -0.05) is 0 Å². The van der Waals surface area contributed by atoms with Crippen LogP contribution in [0, 0.1) is 0 Å². The quantitative estimate of drug-likeness (QED) is 0.786. The van der Waals surface area contributed by atoms with E-state index in [0.717, 1.165) is 5.56 Å². The molecule has 0 saturated heterocycles.